The third-order valence-corrected chi connectivity index (χ3v) is 3.48. The van der Waals surface area contributed by atoms with Gasteiger partial charge in [-0.1, -0.05) is 6.07 Å². The number of ether oxygens (including phenoxy) is 2. The molecule has 100 valence electrons. The van der Waals surface area contributed by atoms with Crippen molar-refractivity contribution in [1.29, 1.82) is 0 Å². The molecule has 1 fully saturated rings. The molecule has 0 heterocycles. The monoisotopic (exact) mass is 250 g/mol. The molecule has 0 atom stereocenters. The number of methoxy groups -OCH3 is 2. The van der Waals surface area contributed by atoms with E-state index in [1.54, 1.807) is 14.2 Å². The van der Waals surface area contributed by atoms with Crippen LogP contribution in [0.4, 0.5) is 0 Å². The molecule has 1 aromatic rings. The summed E-state index contributed by atoms with van der Waals surface area (Å²) in [5.41, 5.74) is 6.97. The minimum atomic E-state index is 0.429. The first-order valence-electron chi connectivity index (χ1n) is 6.40. The van der Waals surface area contributed by atoms with Crippen LogP contribution in [0, 0.1) is 5.92 Å². The number of hydrogen-bond acceptors (Lipinski definition) is 4. The number of rotatable bonds is 6. The van der Waals surface area contributed by atoms with Gasteiger partial charge in [-0.25, -0.2) is 0 Å². The van der Waals surface area contributed by atoms with Gasteiger partial charge < -0.3 is 20.5 Å². The van der Waals surface area contributed by atoms with Crippen molar-refractivity contribution in [2.75, 3.05) is 20.8 Å². The van der Waals surface area contributed by atoms with Gasteiger partial charge in [-0.2, -0.15) is 0 Å². The minimum absolute atomic E-state index is 0.429. The second-order valence-electron chi connectivity index (χ2n) is 4.92. The third-order valence-electron chi connectivity index (χ3n) is 3.48. The maximum atomic E-state index is 5.76. The molecule has 0 spiro atoms. The summed E-state index contributed by atoms with van der Waals surface area (Å²) < 4.78 is 10.5. The van der Waals surface area contributed by atoms with E-state index in [0.717, 1.165) is 43.3 Å². The molecule has 0 amide bonds. The molecular formula is C14H22N2O2. The van der Waals surface area contributed by atoms with Crippen molar-refractivity contribution >= 4 is 0 Å². The van der Waals surface area contributed by atoms with E-state index in [-0.39, 0.29) is 0 Å². The van der Waals surface area contributed by atoms with E-state index >= 15 is 0 Å². The fourth-order valence-corrected chi connectivity index (χ4v) is 2.37. The Kier molecular flexibility index (Phi) is 4.44. The Morgan fingerprint density at radius 3 is 2.56 bits per heavy atom. The maximum absolute atomic E-state index is 5.76. The van der Waals surface area contributed by atoms with Gasteiger partial charge in [0, 0.05) is 12.6 Å². The zero-order valence-corrected chi connectivity index (χ0v) is 11.1. The molecule has 18 heavy (non-hydrogen) atoms. The Hall–Kier alpha value is -1.26. The molecule has 3 N–H and O–H groups in total. The van der Waals surface area contributed by atoms with Crippen LogP contribution in [-0.4, -0.2) is 26.8 Å². The molecule has 1 aromatic carbocycles. The van der Waals surface area contributed by atoms with Crippen molar-refractivity contribution in [2.24, 2.45) is 11.7 Å². The first-order chi connectivity index (χ1) is 8.72. The highest BCUT2D eigenvalue weighted by atomic mass is 16.5. The second-order valence-corrected chi connectivity index (χ2v) is 4.92. The summed E-state index contributed by atoms with van der Waals surface area (Å²) in [4.78, 5) is 0. The normalized spacial score (nSPS) is 22.4. The molecule has 2 rings (SSSR count). The molecule has 1 aliphatic rings. The van der Waals surface area contributed by atoms with Gasteiger partial charge in [0.1, 0.15) is 0 Å². The van der Waals surface area contributed by atoms with Gasteiger partial charge in [-0.05, 0) is 43.0 Å². The fraction of sp³-hybridized carbons (Fsp3) is 0.571. The van der Waals surface area contributed by atoms with Crippen LogP contribution in [0.3, 0.4) is 0 Å². The molecule has 0 radical (unpaired) electrons. The van der Waals surface area contributed by atoms with Crippen molar-refractivity contribution in [3.63, 3.8) is 0 Å². The first kappa shape index (κ1) is 13.2. The Balaban J connectivity index is 1.81. The van der Waals surface area contributed by atoms with E-state index in [9.17, 15) is 0 Å². The van der Waals surface area contributed by atoms with Gasteiger partial charge in [0.15, 0.2) is 11.5 Å². The topological polar surface area (TPSA) is 56.5 Å². The van der Waals surface area contributed by atoms with E-state index in [4.69, 9.17) is 15.2 Å². The van der Waals surface area contributed by atoms with Gasteiger partial charge in [0.25, 0.3) is 0 Å². The van der Waals surface area contributed by atoms with Crippen molar-refractivity contribution in [3.8, 4) is 11.5 Å². The highest BCUT2D eigenvalue weighted by Crippen LogP contribution is 2.28. The van der Waals surface area contributed by atoms with Gasteiger partial charge in [0.05, 0.1) is 14.2 Å². The molecule has 0 aliphatic heterocycles. The molecule has 1 saturated carbocycles. The minimum Gasteiger partial charge on any atom is -0.493 e. The Labute approximate surface area is 108 Å². The fourth-order valence-electron chi connectivity index (χ4n) is 2.37. The van der Waals surface area contributed by atoms with Crippen LogP contribution >= 0.6 is 0 Å². The van der Waals surface area contributed by atoms with Crippen LogP contribution in [0.5, 0.6) is 11.5 Å². The van der Waals surface area contributed by atoms with Crippen molar-refractivity contribution < 1.29 is 9.47 Å². The summed E-state index contributed by atoms with van der Waals surface area (Å²) in [7, 11) is 3.31. The van der Waals surface area contributed by atoms with E-state index in [0.29, 0.717) is 6.04 Å². The Bertz CT molecular complexity index is 389. The largest absolute Gasteiger partial charge is 0.493 e. The summed E-state index contributed by atoms with van der Waals surface area (Å²) >= 11 is 0. The number of nitrogens with two attached hydrogens (primary N) is 1. The highest BCUT2D eigenvalue weighted by Gasteiger charge is 2.24. The third kappa shape index (κ3) is 3.15. The van der Waals surface area contributed by atoms with Crippen LogP contribution in [0.2, 0.25) is 0 Å². The lowest BCUT2D eigenvalue weighted by molar-refractivity contribution is 0.256. The van der Waals surface area contributed by atoms with Gasteiger partial charge in [0.2, 0.25) is 0 Å². The molecule has 4 nitrogen and oxygen atoms in total. The van der Waals surface area contributed by atoms with Gasteiger partial charge in [-0.3, -0.25) is 0 Å². The van der Waals surface area contributed by atoms with E-state index < -0.39 is 0 Å². The Morgan fingerprint density at radius 2 is 1.94 bits per heavy atom. The van der Waals surface area contributed by atoms with Crippen molar-refractivity contribution in [2.45, 2.75) is 25.4 Å². The number of nitrogens with one attached hydrogen (secondary N) is 1. The zero-order valence-electron chi connectivity index (χ0n) is 11.1. The summed E-state index contributed by atoms with van der Waals surface area (Å²) in [5, 5.41) is 3.46. The molecule has 0 bridgehead atoms. The predicted octanol–water partition coefficient (Wildman–Crippen LogP) is 1.53. The molecule has 0 unspecified atom stereocenters. The molecular weight excluding hydrogens is 228 g/mol. The summed E-state index contributed by atoms with van der Waals surface area (Å²) in [6.07, 6.45) is 2.30. The number of hydrogen-bond donors (Lipinski definition) is 2. The zero-order chi connectivity index (χ0) is 13.0. The van der Waals surface area contributed by atoms with Crippen LogP contribution in [-0.2, 0) is 6.54 Å². The predicted molar refractivity (Wildman–Crippen MR) is 72.0 cm³/mol. The van der Waals surface area contributed by atoms with Crippen LogP contribution in [0.25, 0.3) is 0 Å². The highest BCUT2D eigenvalue weighted by molar-refractivity contribution is 5.42. The van der Waals surface area contributed by atoms with Crippen molar-refractivity contribution in [1.82, 2.24) is 5.32 Å². The number of benzene rings is 1. The molecule has 0 aromatic heterocycles. The van der Waals surface area contributed by atoms with E-state index in [1.165, 1.54) is 5.56 Å². The van der Waals surface area contributed by atoms with E-state index in [2.05, 4.69) is 11.4 Å². The summed E-state index contributed by atoms with van der Waals surface area (Å²) in [5.74, 6) is 2.30. The van der Waals surface area contributed by atoms with E-state index in [1.807, 2.05) is 12.1 Å². The standard InChI is InChI=1S/C14H22N2O2/c1-17-13-4-3-10(7-14(13)18-2)8-16-9-11-5-12(15)6-11/h3-4,7,11-12,16H,5-6,8-9,15H2,1-2H3. The average Bonchev–Trinajstić information content (AvgIpc) is 2.36. The Morgan fingerprint density at radius 1 is 1.22 bits per heavy atom. The molecule has 1 aliphatic carbocycles. The summed E-state index contributed by atoms with van der Waals surface area (Å²) in [6.45, 7) is 1.90. The van der Waals surface area contributed by atoms with Gasteiger partial charge in [-0.15, -0.1) is 0 Å². The lowest BCUT2D eigenvalue weighted by atomic mass is 9.81. The summed E-state index contributed by atoms with van der Waals surface area (Å²) in [6, 6.07) is 6.44. The lowest BCUT2D eigenvalue weighted by Gasteiger charge is -2.32. The average molecular weight is 250 g/mol. The van der Waals surface area contributed by atoms with Crippen LogP contribution in [0.15, 0.2) is 18.2 Å². The second kappa shape index (κ2) is 6.07. The van der Waals surface area contributed by atoms with Gasteiger partial charge >= 0.3 is 0 Å². The van der Waals surface area contributed by atoms with Crippen LogP contribution in [0.1, 0.15) is 18.4 Å². The SMILES string of the molecule is COc1ccc(CNCC2CC(N)C2)cc1OC. The lowest BCUT2D eigenvalue weighted by Crippen LogP contribution is -2.41. The molecule has 0 saturated heterocycles. The maximum Gasteiger partial charge on any atom is 0.161 e. The smallest absolute Gasteiger partial charge is 0.161 e. The van der Waals surface area contributed by atoms with Crippen molar-refractivity contribution in [3.05, 3.63) is 23.8 Å². The molecule has 4 heteroatoms. The quantitative estimate of drug-likeness (QED) is 0.804. The first-order valence-corrected chi connectivity index (χ1v) is 6.40. The van der Waals surface area contributed by atoms with Crippen LogP contribution < -0.4 is 20.5 Å².